The van der Waals surface area contributed by atoms with E-state index in [1.807, 2.05) is 0 Å². The summed E-state index contributed by atoms with van der Waals surface area (Å²) in [5.74, 6) is 0. The molecule has 0 heterocycles. The quantitative estimate of drug-likeness (QED) is 0.482. The van der Waals surface area contributed by atoms with Crippen molar-refractivity contribution >= 4 is 17.8 Å². The van der Waals surface area contributed by atoms with Crippen molar-refractivity contribution in [1.82, 2.24) is 5.32 Å². The van der Waals surface area contributed by atoms with Crippen LogP contribution < -0.4 is 5.32 Å². The molecular formula is C14H19N3O6. The molecule has 0 bridgehead atoms. The van der Waals surface area contributed by atoms with Crippen LogP contribution in [-0.4, -0.2) is 27.5 Å². The van der Waals surface area contributed by atoms with Crippen LogP contribution in [0.5, 0.6) is 0 Å². The number of carbonyl (C=O) groups is 1. The van der Waals surface area contributed by atoms with Crippen molar-refractivity contribution in [3.63, 3.8) is 0 Å². The van der Waals surface area contributed by atoms with Crippen LogP contribution in [-0.2, 0) is 11.3 Å². The van der Waals surface area contributed by atoms with Crippen LogP contribution in [0.1, 0.15) is 37.7 Å². The van der Waals surface area contributed by atoms with E-state index in [4.69, 9.17) is 9.90 Å². The Labute approximate surface area is 132 Å². The molecule has 0 saturated heterocycles. The standard InChI is InChI=1S/C13H17N3O4.CH2O2/c17-15(18)12-6-7-13(16(19)20)10(8-12)9-14-11-4-2-1-3-5-11;2-1-3/h6-8,11,14H,1-5,9H2;1H,(H,2,3). The summed E-state index contributed by atoms with van der Waals surface area (Å²) in [5, 5.41) is 31.9. The van der Waals surface area contributed by atoms with Crippen molar-refractivity contribution in [2.45, 2.75) is 44.7 Å². The maximum atomic E-state index is 11.0. The number of benzene rings is 1. The first-order chi connectivity index (χ1) is 11.0. The van der Waals surface area contributed by atoms with Crippen LogP contribution in [0.15, 0.2) is 18.2 Å². The first-order valence-corrected chi connectivity index (χ1v) is 7.22. The average molecular weight is 325 g/mol. The Balaban J connectivity index is 0.000000816. The van der Waals surface area contributed by atoms with E-state index in [9.17, 15) is 20.2 Å². The van der Waals surface area contributed by atoms with E-state index >= 15 is 0 Å². The molecule has 0 unspecified atom stereocenters. The highest BCUT2D eigenvalue weighted by atomic mass is 16.6. The average Bonchev–Trinajstić information content (AvgIpc) is 2.54. The van der Waals surface area contributed by atoms with Crippen LogP contribution in [0, 0.1) is 20.2 Å². The molecule has 1 aromatic rings. The molecule has 0 amide bonds. The number of rotatable bonds is 5. The van der Waals surface area contributed by atoms with Gasteiger partial charge in [0.05, 0.1) is 15.4 Å². The molecule has 1 aliphatic carbocycles. The number of nitro groups is 2. The molecule has 9 heteroatoms. The summed E-state index contributed by atoms with van der Waals surface area (Å²) in [6, 6.07) is 4.01. The molecule has 0 spiro atoms. The van der Waals surface area contributed by atoms with Gasteiger partial charge in [-0.25, -0.2) is 0 Å². The van der Waals surface area contributed by atoms with Crippen molar-refractivity contribution < 1.29 is 19.7 Å². The summed E-state index contributed by atoms with van der Waals surface area (Å²) >= 11 is 0. The first-order valence-electron chi connectivity index (χ1n) is 7.22. The van der Waals surface area contributed by atoms with E-state index < -0.39 is 9.85 Å². The molecule has 0 radical (unpaired) electrons. The molecule has 1 saturated carbocycles. The Morgan fingerprint density at radius 2 is 1.78 bits per heavy atom. The Morgan fingerprint density at radius 3 is 2.30 bits per heavy atom. The number of nitrogens with one attached hydrogen (secondary N) is 1. The Kier molecular flexibility index (Phi) is 7.61. The number of nitrogens with zero attached hydrogens (tertiary/aromatic N) is 2. The maximum absolute atomic E-state index is 11.0. The summed E-state index contributed by atoms with van der Waals surface area (Å²) in [7, 11) is 0. The van der Waals surface area contributed by atoms with E-state index in [1.165, 1.54) is 24.6 Å². The summed E-state index contributed by atoms with van der Waals surface area (Å²) in [5.41, 5.74) is 0.185. The van der Waals surface area contributed by atoms with Crippen molar-refractivity contribution in [1.29, 1.82) is 0 Å². The monoisotopic (exact) mass is 325 g/mol. The zero-order chi connectivity index (χ0) is 17.2. The molecule has 0 aromatic heterocycles. The molecule has 9 nitrogen and oxygen atoms in total. The third-order valence-corrected chi connectivity index (χ3v) is 3.66. The van der Waals surface area contributed by atoms with E-state index in [0.29, 0.717) is 18.2 Å². The van der Waals surface area contributed by atoms with Gasteiger partial charge in [0, 0.05) is 30.8 Å². The Hall–Kier alpha value is -2.55. The predicted molar refractivity (Wildman–Crippen MR) is 82.2 cm³/mol. The number of carboxylic acid groups (broad SMARTS) is 1. The van der Waals surface area contributed by atoms with Gasteiger partial charge in [-0.1, -0.05) is 19.3 Å². The van der Waals surface area contributed by atoms with Gasteiger partial charge in [0.1, 0.15) is 0 Å². The van der Waals surface area contributed by atoms with Gasteiger partial charge >= 0.3 is 0 Å². The van der Waals surface area contributed by atoms with Gasteiger partial charge < -0.3 is 10.4 Å². The minimum Gasteiger partial charge on any atom is -0.483 e. The predicted octanol–water partition coefficient (Wildman–Crippen LogP) is 2.63. The van der Waals surface area contributed by atoms with Crippen LogP contribution in [0.25, 0.3) is 0 Å². The van der Waals surface area contributed by atoms with Crippen LogP contribution in [0.2, 0.25) is 0 Å². The number of hydrogen-bond donors (Lipinski definition) is 2. The molecule has 2 rings (SSSR count). The van der Waals surface area contributed by atoms with Crippen LogP contribution in [0.4, 0.5) is 11.4 Å². The Morgan fingerprint density at radius 1 is 1.17 bits per heavy atom. The first kappa shape index (κ1) is 18.5. The van der Waals surface area contributed by atoms with Crippen LogP contribution in [0.3, 0.4) is 0 Å². The Bertz CT molecular complexity index is 557. The lowest BCUT2D eigenvalue weighted by Gasteiger charge is -2.22. The summed E-state index contributed by atoms with van der Waals surface area (Å²) in [6.45, 7) is 0.0443. The molecule has 126 valence electrons. The second kappa shape index (κ2) is 9.46. The van der Waals surface area contributed by atoms with E-state index in [-0.39, 0.29) is 17.8 Å². The largest absolute Gasteiger partial charge is 0.483 e. The molecule has 0 atom stereocenters. The summed E-state index contributed by atoms with van der Waals surface area (Å²) in [6.07, 6.45) is 5.67. The molecule has 1 fully saturated rings. The second-order valence-electron chi connectivity index (χ2n) is 5.15. The minimum atomic E-state index is -0.534. The number of hydrogen-bond acceptors (Lipinski definition) is 6. The molecular weight excluding hydrogens is 306 g/mol. The zero-order valence-electron chi connectivity index (χ0n) is 12.5. The molecule has 2 N–H and O–H groups in total. The van der Waals surface area contributed by atoms with Gasteiger partial charge in [-0.3, -0.25) is 25.0 Å². The SMILES string of the molecule is O=CO.O=[N+]([O-])c1ccc([N+](=O)[O-])c(CNC2CCCCC2)c1. The lowest BCUT2D eigenvalue weighted by Crippen LogP contribution is -2.30. The normalized spacial score (nSPS) is 14.4. The van der Waals surface area contributed by atoms with Crippen molar-refractivity contribution in [3.05, 3.63) is 44.0 Å². The van der Waals surface area contributed by atoms with E-state index in [1.54, 1.807) is 0 Å². The highest BCUT2D eigenvalue weighted by Crippen LogP contribution is 2.25. The fraction of sp³-hybridized carbons (Fsp3) is 0.500. The lowest BCUT2D eigenvalue weighted by atomic mass is 9.95. The van der Waals surface area contributed by atoms with Crippen molar-refractivity contribution in [3.8, 4) is 0 Å². The highest BCUT2D eigenvalue weighted by Gasteiger charge is 2.20. The molecule has 1 aromatic carbocycles. The third kappa shape index (κ3) is 5.99. The van der Waals surface area contributed by atoms with Crippen molar-refractivity contribution in [2.24, 2.45) is 0 Å². The lowest BCUT2D eigenvalue weighted by molar-refractivity contribution is -0.389. The second-order valence-corrected chi connectivity index (χ2v) is 5.15. The highest BCUT2D eigenvalue weighted by molar-refractivity contribution is 5.48. The third-order valence-electron chi connectivity index (χ3n) is 3.66. The van der Waals surface area contributed by atoms with Gasteiger partial charge in [0.2, 0.25) is 0 Å². The fourth-order valence-electron chi connectivity index (χ4n) is 2.57. The van der Waals surface area contributed by atoms with E-state index in [2.05, 4.69) is 5.32 Å². The zero-order valence-corrected chi connectivity index (χ0v) is 12.5. The smallest absolute Gasteiger partial charge is 0.290 e. The topological polar surface area (TPSA) is 136 Å². The number of non-ortho nitro benzene ring substituents is 1. The van der Waals surface area contributed by atoms with Crippen LogP contribution >= 0.6 is 0 Å². The fourth-order valence-corrected chi connectivity index (χ4v) is 2.57. The maximum Gasteiger partial charge on any atom is 0.290 e. The molecule has 1 aliphatic rings. The van der Waals surface area contributed by atoms with Gasteiger partial charge in [0.25, 0.3) is 17.8 Å². The summed E-state index contributed by atoms with van der Waals surface area (Å²) < 4.78 is 0. The van der Waals surface area contributed by atoms with Crippen molar-refractivity contribution in [2.75, 3.05) is 0 Å². The van der Waals surface area contributed by atoms with E-state index in [0.717, 1.165) is 25.7 Å². The van der Waals surface area contributed by atoms with Gasteiger partial charge in [-0.05, 0) is 12.8 Å². The summed E-state index contributed by atoms with van der Waals surface area (Å²) in [4.78, 5) is 29.0. The molecule has 23 heavy (non-hydrogen) atoms. The number of nitro benzene ring substituents is 2. The molecule has 0 aliphatic heterocycles. The van der Waals surface area contributed by atoms with Gasteiger partial charge in [0.15, 0.2) is 0 Å². The van der Waals surface area contributed by atoms with Gasteiger partial charge in [-0.2, -0.15) is 0 Å². The van der Waals surface area contributed by atoms with Gasteiger partial charge in [-0.15, -0.1) is 0 Å². The minimum absolute atomic E-state index is 0.0705.